The van der Waals surface area contributed by atoms with Gasteiger partial charge in [-0.1, -0.05) is 12.1 Å². The highest BCUT2D eigenvalue weighted by Gasteiger charge is 2.52. The zero-order chi connectivity index (χ0) is 24.7. The molecule has 33 heavy (non-hydrogen) atoms. The van der Waals surface area contributed by atoms with Crippen molar-refractivity contribution in [2.45, 2.75) is 58.3 Å². The molecule has 2 N–H and O–H groups in total. The Morgan fingerprint density at radius 3 is 2.09 bits per heavy atom. The van der Waals surface area contributed by atoms with Crippen molar-refractivity contribution in [1.82, 2.24) is 5.32 Å². The molecule has 1 fully saturated rings. The third kappa shape index (κ3) is 7.17. The Balaban J connectivity index is 2.51. The van der Waals surface area contributed by atoms with Gasteiger partial charge in [0.2, 0.25) is 12.2 Å². The van der Waals surface area contributed by atoms with Crippen molar-refractivity contribution < 1.29 is 52.8 Å². The monoisotopic (exact) mass is 467 g/mol. The summed E-state index contributed by atoms with van der Waals surface area (Å²) in [5.74, 6) is -4.08. The summed E-state index contributed by atoms with van der Waals surface area (Å²) in [4.78, 5) is 58.4. The van der Waals surface area contributed by atoms with Crippen LogP contribution in [0.1, 0.15) is 38.1 Å². The lowest BCUT2D eigenvalue weighted by molar-refractivity contribution is -0.257. The first-order valence-electron chi connectivity index (χ1n) is 9.89. The van der Waals surface area contributed by atoms with E-state index in [9.17, 15) is 29.1 Å². The van der Waals surface area contributed by atoms with E-state index >= 15 is 0 Å². The largest absolute Gasteiger partial charge is 0.478 e. The van der Waals surface area contributed by atoms with E-state index in [4.69, 9.17) is 23.7 Å². The van der Waals surface area contributed by atoms with Gasteiger partial charge in [-0.2, -0.15) is 0 Å². The topological polar surface area (TPSA) is 164 Å². The van der Waals surface area contributed by atoms with Crippen LogP contribution in [0.5, 0.6) is 5.75 Å². The number of esters is 3. The zero-order valence-corrected chi connectivity index (χ0v) is 18.4. The van der Waals surface area contributed by atoms with Crippen molar-refractivity contribution in [2.75, 3.05) is 6.61 Å². The molecular weight excluding hydrogens is 442 g/mol. The molecule has 0 spiro atoms. The Bertz CT molecular complexity index is 915. The van der Waals surface area contributed by atoms with Crippen LogP contribution in [0.4, 0.5) is 0 Å². The molecule has 12 heteroatoms. The summed E-state index contributed by atoms with van der Waals surface area (Å²) < 4.78 is 27.2. The lowest BCUT2D eigenvalue weighted by atomic mass is 9.96. The molecule has 0 aliphatic carbocycles. The molecule has 5 atom stereocenters. The van der Waals surface area contributed by atoms with Crippen molar-refractivity contribution in [3.8, 4) is 5.75 Å². The third-order valence-corrected chi connectivity index (χ3v) is 4.43. The summed E-state index contributed by atoms with van der Waals surface area (Å²) in [5, 5.41) is 12.0. The van der Waals surface area contributed by atoms with Crippen LogP contribution in [0.15, 0.2) is 24.3 Å². The molecular formula is C21H25NO11. The fraction of sp³-hybridized carbons (Fsp3) is 0.476. The number of hydrogen-bond donors (Lipinski definition) is 2. The van der Waals surface area contributed by atoms with Crippen LogP contribution in [0.2, 0.25) is 0 Å². The summed E-state index contributed by atoms with van der Waals surface area (Å²) in [6.45, 7) is 4.18. The smallest absolute Gasteiger partial charge is 0.339 e. The minimum absolute atomic E-state index is 0.0934. The first-order valence-corrected chi connectivity index (χ1v) is 9.89. The highest BCUT2D eigenvalue weighted by molar-refractivity contribution is 5.90. The predicted octanol–water partition coefficient (Wildman–Crippen LogP) is 0.420. The number of nitrogens with one attached hydrogen (secondary N) is 1. The number of para-hydroxylation sites is 1. The molecule has 1 aliphatic rings. The van der Waals surface area contributed by atoms with Crippen molar-refractivity contribution in [2.24, 2.45) is 0 Å². The highest BCUT2D eigenvalue weighted by atomic mass is 16.7. The molecule has 0 unspecified atom stereocenters. The summed E-state index contributed by atoms with van der Waals surface area (Å²) in [7, 11) is 0. The van der Waals surface area contributed by atoms with Gasteiger partial charge in [-0.05, 0) is 12.1 Å². The molecule has 12 nitrogen and oxygen atoms in total. The minimum Gasteiger partial charge on any atom is -0.478 e. The SMILES string of the molecule is CC(=O)N[C@H]1[C@H](Oc2ccccc2C(=O)O)O[C@@H](COC(C)=O)[C@@H](OC(C)=O)[C@@H]1OC(C)=O. The molecule has 0 saturated carbocycles. The van der Waals surface area contributed by atoms with Gasteiger partial charge in [0.05, 0.1) is 0 Å². The summed E-state index contributed by atoms with van der Waals surface area (Å²) >= 11 is 0. The van der Waals surface area contributed by atoms with Crippen LogP contribution >= 0.6 is 0 Å². The molecule has 0 radical (unpaired) electrons. The van der Waals surface area contributed by atoms with Crippen LogP contribution in [0, 0.1) is 0 Å². The Kier molecular flexibility index (Phi) is 8.74. The van der Waals surface area contributed by atoms with E-state index < -0.39 is 67.0 Å². The average Bonchev–Trinajstić information content (AvgIpc) is 2.70. The van der Waals surface area contributed by atoms with E-state index in [0.717, 1.165) is 20.8 Å². The standard InChI is InChI=1S/C21H25NO11/c1-10(23)22-17-19(31-13(4)26)18(30-12(3)25)16(9-29-11(2)24)33-21(17)32-15-8-6-5-7-14(15)20(27)28/h5-8,16-19,21H,9H2,1-4H3,(H,22,23)(H,27,28)/t16-,17+,18+,19+,21+/m0/s1. The number of benzene rings is 1. The second kappa shape index (κ2) is 11.3. The first-order chi connectivity index (χ1) is 15.5. The van der Waals surface area contributed by atoms with E-state index in [0.29, 0.717) is 0 Å². The van der Waals surface area contributed by atoms with Crippen LogP contribution < -0.4 is 10.1 Å². The number of carbonyl (C=O) groups is 5. The lowest BCUT2D eigenvalue weighted by Gasteiger charge is -2.44. The molecule has 1 aliphatic heterocycles. The van der Waals surface area contributed by atoms with Gasteiger partial charge in [0, 0.05) is 27.7 Å². The maximum atomic E-state index is 11.9. The Hall–Kier alpha value is -3.67. The van der Waals surface area contributed by atoms with E-state index in [-0.39, 0.29) is 11.3 Å². The zero-order valence-electron chi connectivity index (χ0n) is 18.4. The van der Waals surface area contributed by atoms with Gasteiger partial charge in [0.25, 0.3) is 0 Å². The summed E-state index contributed by atoms with van der Waals surface area (Å²) in [6, 6.07) is 4.48. The molecule has 1 heterocycles. The van der Waals surface area contributed by atoms with Crippen molar-refractivity contribution in [3.63, 3.8) is 0 Å². The lowest BCUT2D eigenvalue weighted by Crippen LogP contribution is -2.67. The van der Waals surface area contributed by atoms with E-state index in [2.05, 4.69) is 5.32 Å². The fourth-order valence-electron chi connectivity index (χ4n) is 3.26. The second-order valence-electron chi connectivity index (χ2n) is 7.14. The Morgan fingerprint density at radius 2 is 1.55 bits per heavy atom. The summed E-state index contributed by atoms with van der Waals surface area (Å²) in [5.41, 5.74) is -0.189. The molecule has 0 bridgehead atoms. The average molecular weight is 467 g/mol. The van der Waals surface area contributed by atoms with Gasteiger partial charge in [-0.15, -0.1) is 0 Å². The van der Waals surface area contributed by atoms with E-state index in [1.54, 1.807) is 0 Å². The number of rotatable bonds is 8. The van der Waals surface area contributed by atoms with Crippen LogP contribution in [0.25, 0.3) is 0 Å². The minimum atomic E-state index is -1.41. The van der Waals surface area contributed by atoms with Gasteiger partial charge in [0.15, 0.2) is 12.2 Å². The Labute approximate surface area is 189 Å². The van der Waals surface area contributed by atoms with Gasteiger partial charge in [-0.3, -0.25) is 19.2 Å². The molecule has 180 valence electrons. The van der Waals surface area contributed by atoms with Gasteiger partial charge in [-0.25, -0.2) is 4.79 Å². The molecule has 2 rings (SSSR count). The molecule has 1 aromatic rings. The molecule has 1 aromatic carbocycles. The number of carbonyl (C=O) groups excluding carboxylic acids is 4. The van der Waals surface area contributed by atoms with Crippen molar-refractivity contribution in [3.05, 3.63) is 29.8 Å². The van der Waals surface area contributed by atoms with E-state index in [1.807, 2.05) is 0 Å². The van der Waals surface area contributed by atoms with Crippen molar-refractivity contribution in [1.29, 1.82) is 0 Å². The van der Waals surface area contributed by atoms with Crippen LogP contribution in [-0.2, 0) is 38.1 Å². The number of carboxylic acids is 1. The van der Waals surface area contributed by atoms with Gasteiger partial charge < -0.3 is 34.1 Å². The normalized spacial score (nSPS) is 24.2. The number of carboxylic acid groups (broad SMARTS) is 1. The number of aromatic carboxylic acids is 1. The van der Waals surface area contributed by atoms with Crippen LogP contribution in [0.3, 0.4) is 0 Å². The molecule has 1 saturated heterocycles. The highest BCUT2D eigenvalue weighted by Crippen LogP contribution is 2.30. The van der Waals surface area contributed by atoms with Gasteiger partial charge >= 0.3 is 23.9 Å². The number of amides is 1. The maximum Gasteiger partial charge on any atom is 0.339 e. The second-order valence-corrected chi connectivity index (χ2v) is 7.14. The quantitative estimate of drug-likeness (QED) is 0.402. The third-order valence-electron chi connectivity index (χ3n) is 4.43. The molecule has 0 aromatic heterocycles. The number of ether oxygens (including phenoxy) is 5. The number of hydrogen-bond acceptors (Lipinski definition) is 10. The Morgan fingerprint density at radius 1 is 0.939 bits per heavy atom. The fourth-order valence-corrected chi connectivity index (χ4v) is 3.26. The summed E-state index contributed by atoms with van der Waals surface area (Å²) in [6.07, 6.45) is -5.18. The maximum absolute atomic E-state index is 11.9. The van der Waals surface area contributed by atoms with Crippen molar-refractivity contribution >= 4 is 29.8 Å². The predicted molar refractivity (Wildman–Crippen MR) is 108 cm³/mol. The van der Waals surface area contributed by atoms with Gasteiger partial charge in [0.1, 0.15) is 30.1 Å². The van der Waals surface area contributed by atoms with Crippen LogP contribution in [-0.4, -0.2) is 72.1 Å². The molecule has 1 amide bonds. The first kappa shape index (κ1) is 25.6. The van der Waals surface area contributed by atoms with E-state index in [1.165, 1.54) is 31.2 Å².